The second kappa shape index (κ2) is 12.5. The molecule has 0 aromatic heterocycles. The van der Waals surface area contributed by atoms with Crippen LogP contribution in [0.2, 0.25) is 0 Å². The molecule has 1 aliphatic heterocycles. The van der Waals surface area contributed by atoms with Crippen molar-refractivity contribution in [2.75, 3.05) is 6.54 Å². The molecule has 2 N–H and O–H groups in total. The number of carboxylic acid groups (broad SMARTS) is 1. The van der Waals surface area contributed by atoms with Crippen LogP contribution in [-0.2, 0) is 9.59 Å². The number of aliphatic hydroxyl groups excluding tert-OH is 1. The zero-order valence-corrected chi connectivity index (χ0v) is 15.2. The fourth-order valence-electron chi connectivity index (χ4n) is 2.87. The van der Waals surface area contributed by atoms with Gasteiger partial charge >= 0.3 is 5.97 Å². The summed E-state index contributed by atoms with van der Waals surface area (Å²) in [7, 11) is 0. The summed E-state index contributed by atoms with van der Waals surface area (Å²) in [6, 6.07) is -0.00426. The number of carboxylic acids is 1. The Labute approximate surface area is 151 Å². The normalized spacial score (nSPS) is 18.9. The minimum absolute atomic E-state index is 0.00426. The van der Waals surface area contributed by atoms with Crippen LogP contribution in [0.4, 0.5) is 0 Å². The predicted octanol–water partition coefficient (Wildman–Crippen LogP) is 3.12. The predicted molar refractivity (Wildman–Crippen MR) is 97.9 cm³/mol. The summed E-state index contributed by atoms with van der Waals surface area (Å²) in [6.45, 7) is 2.50. The van der Waals surface area contributed by atoms with Gasteiger partial charge in [0, 0.05) is 19.3 Å². The van der Waals surface area contributed by atoms with Gasteiger partial charge in [0.15, 0.2) is 0 Å². The van der Waals surface area contributed by atoms with Crippen LogP contribution < -0.4 is 0 Å². The van der Waals surface area contributed by atoms with Crippen molar-refractivity contribution in [2.45, 2.75) is 83.3 Å². The minimum Gasteiger partial charge on any atom is -0.481 e. The van der Waals surface area contributed by atoms with Gasteiger partial charge in [0.2, 0.25) is 5.91 Å². The maximum absolute atomic E-state index is 12.2. The highest BCUT2D eigenvalue weighted by molar-refractivity contribution is 5.77. The summed E-state index contributed by atoms with van der Waals surface area (Å²) in [5.41, 5.74) is 0. The first-order chi connectivity index (χ1) is 12.0. The van der Waals surface area contributed by atoms with Crippen molar-refractivity contribution in [1.82, 2.24) is 4.90 Å². The van der Waals surface area contributed by atoms with Crippen molar-refractivity contribution in [1.29, 1.82) is 0 Å². The number of aliphatic hydroxyl groups is 1. The lowest BCUT2D eigenvalue weighted by Gasteiger charge is -2.32. The zero-order chi connectivity index (χ0) is 18.5. The third kappa shape index (κ3) is 9.31. The highest BCUT2D eigenvalue weighted by Crippen LogP contribution is 2.19. The van der Waals surface area contributed by atoms with Crippen LogP contribution >= 0.6 is 0 Å². The molecule has 0 spiro atoms. The molecule has 0 radical (unpaired) electrons. The Hall–Kier alpha value is -1.80. The highest BCUT2D eigenvalue weighted by Gasteiger charge is 2.25. The number of hydrogen-bond acceptors (Lipinski definition) is 3. The van der Waals surface area contributed by atoms with E-state index in [2.05, 4.69) is 18.8 Å². The van der Waals surface area contributed by atoms with E-state index in [1.807, 2.05) is 12.2 Å². The molecule has 140 valence electrons. The van der Waals surface area contributed by atoms with Gasteiger partial charge in [-0.15, -0.1) is 5.92 Å². The van der Waals surface area contributed by atoms with E-state index in [1.54, 1.807) is 4.90 Å². The minimum atomic E-state index is -0.810. The van der Waals surface area contributed by atoms with Gasteiger partial charge in [0.1, 0.15) is 0 Å². The second-order valence-corrected chi connectivity index (χ2v) is 6.53. The first kappa shape index (κ1) is 21.2. The molecule has 0 bridgehead atoms. The number of piperidine rings is 1. The van der Waals surface area contributed by atoms with Crippen LogP contribution in [0.15, 0.2) is 12.2 Å². The topological polar surface area (TPSA) is 77.8 Å². The number of carbonyl (C=O) groups excluding carboxylic acids is 1. The Bertz CT molecular complexity index is 504. The fraction of sp³-hybridized carbons (Fsp3) is 0.700. The molecular weight excluding hydrogens is 318 g/mol. The molecule has 1 fully saturated rings. The number of amides is 1. The van der Waals surface area contributed by atoms with Gasteiger partial charge in [0.05, 0.1) is 18.7 Å². The first-order valence-electron chi connectivity index (χ1n) is 9.38. The van der Waals surface area contributed by atoms with Gasteiger partial charge in [-0.2, -0.15) is 0 Å². The van der Waals surface area contributed by atoms with Gasteiger partial charge in [-0.3, -0.25) is 9.59 Å². The van der Waals surface area contributed by atoms with Crippen LogP contribution in [0.3, 0.4) is 0 Å². The Balaban J connectivity index is 2.48. The quantitative estimate of drug-likeness (QED) is 0.361. The molecule has 1 saturated heterocycles. The summed E-state index contributed by atoms with van der Waals surface area (Å²) in [4.78, 5) is 24.4. The lowest BCUT2D eigenvalue weighted by Crippen LogP contribution is -2.42. The van der Waals surface area contributed by atoms with E-state index in [4.69, 9.17) is 5.11 Å². The number of carbonyl (C=O) groups is 2. The molecule has 25 heavy (non-hydrogen) atoms. The van der Waals surface area contributed by atoms with Gasteiger partial charge in [-0.25, -0.2) is 0 Å². The molecule has 5 heteroatoms. The van der Waals surface area contributed by atoms with Crippen molar-refractivity contribution in [2.24, 2.45) is 0 Å². The van der Waals surface area contributed by atoms with E-state index >= 15 is 0 Å². The smallest absolute Gasteiger partial charge is 0.303 e. The van der Waals surface area contributed by atoms with E-state index in [0.717, 1.165) is 38.5 Å². The Morgan fingerprint density at radius 1 is 1.36 bits per heavy atom. The average Bonchev–Trinajstić information content (AvgIpc) is 2.57. The average molecular weight is 349 g/mol. The van der Waals surface area contributed by atoms with E-state index in [0.29, 0.717) is 25.8 Å². The number of rotatable bonds is 10. The molecule has 1 rings (SSSR count). The van der Waals surface area contributed by atoms with Gasteiger partial charge in [-0.05, 0) is 25.7 Å². The van der Waals surface area contributed by atoms with Crippen LogP contribution in [0.25, 0.3) is 0 Å². The molecule has 1 amide bonds. The Morgan fingerprint density at radius 3 is 2.88 bits per heavy atom. The third-order valence-electron chi connectivity index (χ3n) is 4.34. The maximum atomic E-state index is 12.2. The Kier molecular flexibility index (Phi) is 10.7. The molecule has 1 aliphatic rings. The summed E-state index contributed by atoms with van der Waals surface area (Å²) in [6.07, 6.45) is 10.8. The molecule has 0 aromatic rings. The second-order valence-electron chi connectivity index (χ2n) is 6.53. The van der Waals surface area contributed by atoms with Crippen molar-refractivity contribution < 1.29 is 19.8 Å². The number of likely N-dealkylation sites (tertiary alicyclic amines) is 1. The number of hydrogen-bond donors (Lipinski definition) is 2. The van der Waals surface area contributed by atoms with E-state index in [9.17, 15) is 14.7 Å². The summed E-state index contributed by atoms with van der Waals surface area (Å²) < 4.78 is 0. The van der Waals surface area contributed by atoms with Gasteiger partial charge in [0.25, 0.3) is 0 Å². The van der Waals surface area contributed by atoms with Crippen molar-refractivity contribution in [3.8, 4) is 11.8 Å². The Morgan fingerprint density at radius 2 is 2.16 bits per heavy atom. The maximum Gasteiger partial charge on any atom is 0.303 e. The monoisotopic (exact) mass is 349 g/mol. The molecule has 1 unspecified atom stereocenters. The molecule has 0 aliphatic carbocycles. The van der Waals surface area contributed by atoms with Crippen LogP contribution in [0.5, 0.6) is 0 Å². The molecular formula is C20H31NO4. The molecule has 5 nitrogen and oxygen atoms in total. The SMILES string of the molecule is CCCCCC(O)/C=C/[C@H]1CCCC(=O)N1CC#CCCCC(=O)O. The zero-order valence-electron chi connectivity index (χ0n) is 15.2. The van der Waals surface area contributed by atoms with E-state index in [1.165, 1.54) is 0 Å². The molecule has 0 saturated carbocycles. The fourth-order valence-corrected chi connectivity index (χ4v) is 2.87. The largest absolute Gasteiger partial charge is 0.481 e. The van der Waals surface area contributed by atoms with E-state index < -0.39 is 12.1 Å². The summed E-state index contributed by atoms with van der Waals surface area (Å²) in [5.74, 6) is 5.22. The van der Waals surface area contributed by atoms with Crippen molar-refractivity contribution in [3.05, 3.63) is 12.2 Å². The standard InChI is InChI=1S/C20H31NO4/c1-2-3-6-11-18(22)15-14-17-10-9-12-19(23)21(17)16-8-5-4-7-13-20(24)25/h14-15,17-18,22H,2-4,6-7,9-13,16H2,1H3,(H,24,25)/b15-14+/t17-,18?/m1/s1. The molecule has 0 aromatic carbocycles. The summed E-state index contributed by atoms with van der Waals surface area (Å²) in [5, 5.41) is 18.6. The lowest BCUT2D eigenvalue weighted by atomic mass is 10.00. The van der Waals surface area contributed by atoms with Crippen LogP contribution in [0.1, 0.15) is 71.1 Å². The number of unbranched alkanes of at least 4 members (excludes halogenated alkanes) is 3. The van der Waals surface area contributed by atoms with Gasteiger partial charge < -0.3 is 15.1 Å². The molecule has 1 heterocycles. The van der Waals surface area contributed by atoms with Crippen LogP contribution in [0, 0.1) is 11.8 Å². The number of nitrogens with zero attached hydrogens (tertiary/aromatic N) is 1. The lowest BCUT2D eigenvalue weighted by molar-refractivity contribution is -0.137. The summed E-state index contributed by atoms with van der Waals surface area (Å²) >= 11 is 0. The third-order valence-corrected chi connectivity index (χ3v) is 4.34. The van der Waals surface area contributed by atoms with Crippen molar-refractivity contribution >= 4 is 11.9 Å². The first-order valence-corrected chi connectivity index (χ1v) is 9.38. The highest BCUT2D eigenvalue weighted by atomic mass is 16.4. The molecule has 2 atom stereocenters. The van der Waals surface area contributed by atoms with E-state index in [-0.39, 0.29) is 18.4 Å². The number of aliphatic carboxylic acids is 1. The van der Waals surface area contributed by atoms with Crippen molar-refractivity contribution in [3.63, 3.8) is 0 Å². The van der Waals surface area contributed by atoms with Gasteiger partial charge in [-0.1, -0.05) is 44.3 Å². The van der Waals surface area contributed by atoms with Crippen LogP contribution in [-0.4, -0.2) is 45.7 Å².